The Bertz CT molecular complexity index is 848. The molecule has 0 aliphatic rings. The van der Waals surface area contributed by atoms with Gasteiger partial charge >= 0.3 is 0 Å². The van der Waals surface area contributed by atoms with Crippen LogP contribution in [0.4, 0.5) is 11.4 Å². The van der Waals surface area contributed by atoms with Crippen molar-refractivity contribution in [2.75, 3.05) is 11.9 Å². The molecule has 7 nitrogen and oxygen atoms in total. The molecule has 0 saturated carbocycles. The molecule has 0 aliphatic carbocycles. The van der Waals surface area contributed by atoms with E-state index in [0.717, 1.165) is 5.56 Å². The number of hydrogen-bond donors (Lipinski definition) is 1. The first-order chi connectivity index (χ1) is 12.3. The van der Waals surface area contributed by atoms with E-state index in [-0.39, 0.29) is 17.2 Å². The summed E-state index contributed by atoms with van der Waals surface area (Å²) in [7, 11) is 0. The summed E-state index contributed by atoms with van der Waals surface area (Å²) in [5, 5.41) is 13.8. The van der Waals surface area contributed by atoms with Gasteiger partial charge in [0.05, 0.1) is 4.92 Å². The molecule has 7 heteroatoms. The zero-order valence-electron chi connectivity index (χ0n) is 15.0. The van der Waals surface area contributed by atoms with Crippen LogP contribution >= 0.6 is 0 Å². The quantitative estimate of drug-likeness (QED) is 0.634. The lowest BCUT2D eigenvalue weighted by atomic mass is 10.1. The Morgan fingerprint density at radius 3 is 2.54 bits per heavy atom. The number of rotatable bonds is 6. The third-order valence-corrected chi connectivity index (χ3v) is 4.05. The molecule has 0 heterocycles. The fourth-order valence-electron chi connectivity index (χ4n) is 2.56. The number of carbonyl (C=O) groups is 2. The Kier molecular flexibility index (Phi) is 6.06. The second-order valence-electron chi connectivity index (χ2n) is 5.95. The lowest BCUT2D eigenvalue weighted by molar-refractivity contribution is -0.385. The Labute approximate surface area is 151 Å². The lowest BCUT2D eigenvalue weighted by Crippen LogP contribution is -2.27. The number of nitrogens with one attached hydrogen (secondary N) is 1. The fourth-order valence-corrected chi connectivity index (χ4v) is 2.56. The molecule has 0 bridgehead atoms. The summed E-state index contributed by atoms with van der Waals surface area (Å²) in [6.07, 6.45) is 0. The molecule has 0 aliphatic heterocycles. The number of anilines is 1. The van der Waals surface area contributed by atoms with E-state index in [2.05, 4.69) is 5.32 Å². The third-order valence-electron chi connectivity index (χ3n) is 4.05. The zero-order chi connectivity index (χ0) is 19.3. The maximum Gasteiger partial charge on any atom is 0.273 e. The van der Waals surface area contributed by atoms with Crippen molar-refractivity contribution in [3.05, 3.63) is 69.3 Å². The highest BCUT2D eigenvalue weighted by molar-refractivity contribution is 6.04. The number of amides is 2. The topological polar surface area (TPSA) is 92.6 Å². The SMILES string of the molecule is CCN(Cc1cccc(NC(=O)c2ccc(C)c([N+](=O)[O-])c2)c1)C(C)=O. The molecule has 2 aromatic rings. The molecule has 2 rings (SSSR count). The summed E-state index contributed by atoms with van der Waals surface area (Å²) in [4.78, 5) is 36.1. The summed E-state index contributed by atoms with van der Waals surface area (Å²) in [5.74, 6) is -0.446. The second kappa shape index (κ2) is 8.24. The van der Waals surface area contributed by atoms with E-state index in [1.165, 1.54) is 13.0 Å². The first-order valence-corrected chi connectivity index (χ1v) is 8.22. The Hall–Kier alpha value is -3.22. The van der Waals surface area contributed by atoms with Crippen LogP contribution in [0.2, 0.25) is 0 Å². The van der Waals surface area contributed by atoms with E-state index >= 15 is 0 Å². The number of aryl methyl sites for hydroxylation is 1. The molecule has 0 atom stereocenters. The van der Waals surface area contributed by atoms with E-state index in [4.69, 9.17) is 0 Å². The van der Waals surface area contributed by atoms with Gasteiger partial charge in [-0.15, -0.1) is 0 Å². The van der Waals surface area contributed by atoms with Crippen LogP contribution in [-0.2, 0) is 11.3 Å². The molecule has 136 valence electrons. The monoisotopic (exact) mass is 355 g/mol. The van der Waals surface area contributed by atoms with Crippen molar-refractivity contribution in [2.45, 2.75) is 27.3 Å². The lowest BCUT2D eigenvalue weighted by Gasteiger charge is -2.19. The first kappa shape index (κ1) is 19.1. The van der Waals surface area contributed by atoms with Crippen LogP contribution in [0.5, 0.6) is 0 Å². The highest BCUT2D eigenvalue weighted by atomic mass is 16.6. The molecule has 0 radical (unpaired) electrons. The molecular formula is C19H21N3O4. The molecule has 0 saturated heterocycles. The standard InChI is InChI=1S/C19H21N3O4/c1-4-21(14(3)23)12-15-6-5-7-17(10-15)20-19(24)16-9-8-13(2)18(11-16)22(25)26/h5-11H,4,12H2,1-3H3,(H,20,24). The molecular weight excluding hydrogens is 334 g/mol. The van der Waals surface area contributed by atoms with Crippen LogP contribution in [0.15, 0.2) is 42.5 Å². The van der Waals surface area contributed by atoms with Crippen molar-refractivity contribution in [3.63, 3.8) is 0 Å². The van der Waals surface area contributed by atoms with Gasteiger partial charge in [0, 0.05) is 42.9 Å². The minimum absolute atomic E-state index is 0.0195. The van der Waals surface area contributed by atoms with E-state index < -0.39 is 10.8 Å². The van der Waals surface area contributed by atoms with Gasteiger partial charge < -0.3 is 10.2 Å². The Morgan fingerprint density at radius 2 is 1.92 bits per heavy atom. The largest absolute Gasteiger partial charge is 0.339 e. The van der Waals surface area contributed by atoms with Crippen molar-refractivity contribution >= 4 is 23.2 Å². The van der Waals surface area contributed by atoms with Gasteiger partial charge in [0.1, 0.15) is 0 Å². The predicted octanol–water partition coefficient (Wildman–Crippen LogP) is 3.52. The summed E-state index contributed by atoms with van der Waals surface area (Å²) in [6.45, 7) is 6.08. The molecule has 0 spiro atoms. The number of nitro benzene ring substituents is 1. The number of nitro groups is 1. The molecule has 1 N–H and O–H groups in total. The average Bonchev–Trinajstić information content (AvgIpc) is 2.59. The summed E-state index contributed by atoms with van der Waals surface area (Å²) in [6, 6.07) is 11.5. The second-order valence-corrected chi connectivity index (χ2v) is 5.95. The van der Waals surface area contributed by atoms with Crippen molar-refractivity contribution in [1.29, 1.82) is 0 Å². The highest BCUT2D eigenvalue weighted by Crippen LogP contribution is 2.20. The van der Waals surface area contributed by atoms with Crippen LogP contribution in [0.3, 0.4) is 0 Å². The van der Waals surface area contributed by atoms with E-state index in [0.29, 0.717) is 24.3 Å². The van der Waals surface area contributed by atoms with Crippen LogP contribution in [0, 0.1) is 17.0 Å². The van der Waals surface area contributed by atoms with Gasteiger partial charge in [0.2, 0.25) is 5.91 Å². The minimum Gasteiger partial charge on any atom is -0.339 e. The number of carbonyl (C=O) groups excluding carboxylic acids is 2. The van der Waals surface area contributed by atoms with Crippen LogP contribution < -0.4 is 5.32 Å². The highest BCUT2D eigenvalue weighted by Gasteiger charge is 2.15. The number of nitrogens with zero attached hydrogens (tertiary/aromatic N) is 2. The molecule has 0 aromatic heterocycles. The van der Waals surface area contributed by atoms with Crippen LogP contribution in [-0.4, -0.2) is 28.2 Å². The van der Waals surface area contributed by atoms with E-state index in [1.807, 2.05) is 13.0 Å². The maximum absolute atomic E-state index is 12.4. The maximum atomic E-state index is 12.4. The Morgan fingerprint density at radius 1 is 1.19 bits per heavy atom. The molecule has 0 fully saturated rings. The average molecular weight is 355 g/mol. The zero-order valence-corrected chi connectivity index (χ0v) is 15.0. The van der Waals surface area contributed by atoms with Gasteiger partial charge in [-0.05, 0) is 37.6 Å². The third kappa shape index (κ3) is 4.66. The van der Waals surface area contributed by atoms with Crippen molar-refractivity contribution in [3.8, 4) is 0 Å². The van der Waals surface area contributed by atoms with Crippen LogP contribution in [0.1, 0.15) is 35.3 Å². The molecule has 26 heavy (non-hydrogen) atoms. The first-order valence-electron chi connectivity index (χ1n) is 8.22. The number of hydrogen-bond acceptors (Lipinski definition) is 4. The van der Waals surface area contributed by atoms with Crippen molar-refractivity contribution in [2.24, 2.45) is 0 Å². The van der Waals surface area contributed by atoms with Crippen LogP contribution in [0.25, 0.3) is 0 Å². The van der Waals surface area contributed by atoms with E-state index in [9.17, 15) is 19.7 Å². The molecule has 2 aromatic carbocycles. The smallest absolute Gasteiger partial charge is 0.273 e. The van der Waals surface area contributed by atoms with Crippen molar-refractivity contribution in [1.82, 2.24) is 4.90 Å². The van der Waals surface area contributed by atoms with Gasteiger partial charge in [-0.3, -0.25) is 19.7 Å². The number of benzene rings is 2. The predicted molar refractivity (Wildman–Crippen MR) is 99.0 cm³/mol. The van der Waals surface area contributed by atoms with Gasteiger partial charge in [-0.25, -0.2) is 0 Å². The van der Waals surface area contributed by atoms with Crippen molar-refractivity contribution < 1.29 is 14.5 Å². The molecule has 2 amide bonds. The van der Waals surface area contributed by atoms with Gasteiger partial charge in [-0.1, -0.05) is 18.2 Å². The minimum atomic E-state index is -0.506. The van der Waals surface area contributed by atoms with Gasteiger partial charge in [0.25, 0.3) is 11.6 Å². The summed E-state index contributed by atoms with van der Waals surface area (Å²) >= 11 is 0. The molecule has 0 unspecified atom stereocenters. The summed E-state index contributed by atoms with van der Waals surface area (Å²) < 4.78 is 0. The normalized spacial score (nSPS) is 10.3. The van der Waals surface area contributed by atoms with Gasteiger partial charge in [0.15, 0.2) is 0 Å². The Balaban J connectivity index is 2.17. The summed E-state index contributed by atoms with van der Waals surface area (Å²) in [5.41, 5.74) is 2.07. The van der Waals surface area contributed by atoms with Gasteiger partial charge in [-0.2, -0.15) is 0 Å². The van der Waals surface area contributed by atoms with E-state index in [1.54, 1.807) is 42.2 Å². The fraction of sp³-hybridized carbons (Fsp3) is 0.263.